The SMILES string of the molecule is COC(=O)c1cccc(NC(=O)C2CCNCC2)c1C. The molecule has 5 nitrogen and oxygen atoms in total. The average Bonchev–Trinajstić information content (AvgIpc) is 2.49. The highest BCUT2D eigenvalue weighted by atomic mass is 16.5. The number of nitrogens with one attached hydrogen (secondary N) is 2. The number of ether oxygens (including phenoxy) is 1. The molecule has 1 aromatic rings. The number of piperidine rings is 1. The summed E-state index contributed by atoms with van der Waals surface area (Å²) in [6, 6.07) is 5.25. The van der Waals surface area contributed by atoms with E-state index in [4.69, 9.17) is 4.74 Å². The summed E-state index contributed by atoms with van der Waals surface area (Å²) in [5.74, 6) is -0.325. The van der Waals surface area contributed by atoms with E-state index in [1.165, 1.54) is 7.11 Å². The van der Waals surface area contributed by atoms with Crippen LogP contribution in [-0.2, 0) is 9.53 Å². The first-order chi connectivity index (χ1) is 9.63. The van der Waals surface area contributed by atoms with Crippen LogP contribution in [0.25, 0.3) is 0 Å². The van der Waals surface area contributed by atoms with Gasteiger partial charge in [-0.05, 0) is 50.6 Å². The molecule has 0 spiro atoms. The Kier molecular flexibility index (Phi) is 4.74. The van der Waals surface area contributed by atoms with Crippen LogP contribution in [0.1, 0.15) is 28.8 Å². The smallest absolute Gasteiger partial charge is 0.338 e. The summed E-state index contributed by atoms with van der Waals surface area (Å²) in [6.45, 7) is 3.56. The van der Waals surface area contributed by atoms with Gasteiger partial charge in [-0.25, -0.2) is 4.79 Å². The lowest BCUT2D eigenvalue weighted by Gasteiger charge is -2.22. The quantitative estimate of drug-likeness (QED) is 0.825. The Morgan fingerprint density at radius 1 is 1.30 bits per heavy atom. The summed E-state index contributed by atoms with van der Waals surface area (Å²) in [4.78, 5) is 23.8. The van der Waals surface area contributed by atoms with E-state index in [0.717, 1.165) is 31.5 Å². The van der Waals surface area contributed by atoms with Crippen molar-refractivity contribution in [3.8, 4) is 0 Å². The molecule has 1 fully saturated rings. The topological polar surface area (TPSA) is 67.4 Å². The van der Waals surface area contributed by atoms with Crippen molar-refractivity contribution in [1.29, 1.82) is 0 Å². The predicted octanol–water partition coefficient (Wildman–Crippen LogP) is 1.72. The summed E-state index contributed by atoms with van der Waals surface area (Å²) >= 11 is 0. The van der Waals surface area contributed by atoms with Crippen LogP contribution in [-0.4, -0.2) is 32.1 Å². The number of hydrogen-bond acceptors (Lipinski definition) is 4. The number of carbonyl (C=O) groups is 2. The van der Waals surface area contributed by atoms with E-state index in [0.29, 0.717) is 11.3 Å². The van der Waals surface area contributed by atoms with E-state index in [2.05, 4.69) is 10.6 Å². The first kappa shape index (κ1) is 14.5. The molecule has 1 saturated heterocycles. The van der Waals surface area contributed by atoms with Crippen molar-refractivity contribution in [2.24, 2.45) is 5.92 Å². The molecular weight excluding hydrogens is 256 g/mol. The second kappa shape index (κ2) is 6.52. The maximum Gasteiger partial charge on any atom is 0.338 e. The van der Waals surface area contributed by atoms with Gasteiger partial charge in [0.2, 0.25) is 5.91 Å². The van der Waals surface area contributed by atoms with E-state index >= 15 is 0 Å². The fraction of sp³-hybridized carbons (Fsp3) is 0.467. The Labute approximate surface area is 118 Å². The van der Waals surface area contributed by atoms with Crippen LogP contribution < -0.4 is 10.6 Å². The molecular formula is C15H20N2O3. The molecule has 0 bridgehead atoms. The van der Waals surface area contributed by atoms with Gasteiger partial charge in [0.25, 0.3) is 0 Å². The Morgan fingerprint density at radius 2 is 2.00 bits per heavy atom. The number of methoxy groups -OCH3 is 1. The normalized spacial score (nSPS) is 15.7. The molecule has 5 heteroatoms. The van der Waals surface area contributed by atoms with Gasteiger partial charge in [-0.1, -0.05) is 6.07 Å². The molecule has 1 aromatic carbocycles. The largest absolute Gasteiger partial charge is 0.465 e. The molecule has 1 heterocycles. The van der Waals surface area contributed by atoms with E-state index in [1.54, 1.807) is 18.2 Å². The number of rotatable bonds is 3. The van der Waals surface area contributed by atoms with Crippen molar-refractivity contribution < 1.29 is 14.3 Å². The highest BCUT2D eigenvalue weighted by Crippen LogP contribution is 2.22. The molecule has 0 aromatic heterocycles. The molecule has 1 amide bonds. The fourth-order valence-corrected chi connectivity index (χ4v) is 2.42. The number of amides is 1. The Morgan fingerprint density at radius 3 is 2.65 bits per heavy atom. The molecule has 2 N–H and O–H groups in total. The lowest BCUT2D eigenvalue weighted by molar-refractivity contribution is -0.120. The number of benzene rings is 1. The van der Waals surface area contributed by atoms with Gasteiger partial charge in [0.15, 0.2) is 0 Å². The average molecular weight is 276 g/mol. The van der Waals surface area contributed by atoms with Crippen molar-refractivity contribution in [3.63, 3.8) is 0 Å². The van der Waals surface area contributed by atoms with Gasteiger partial charge >= 0.3 is 5.97 Å². The molecule has 108 valence electrons. The van der Waals surface area contributed by atoms with Gasteiger partial charge < -0.3 is 15.4 Å². The molecule has 0 saturated carbocycles. The zero-order valence-corrected chi connectivity index (χ0v) is 11.9. The van der Waals surface area contributed by atoms with E-state index in [9.17, 15) is 9.59 Å². The summed E-state index contributed by atoms with van der Waals surface area (Å²) < 4.78 is 4.73. The third-order valence-corrected chi connectivity index (χ3v) is 3.71. The van der Waals surface area contributed by atoms with Gasteiger partial charge in [0.05, 0.1) is 12.7 Å². The van der Waals surface area contributed by atoms with Crippen molar-refractivity contribution in [3.05, 3.63) is 29.3 Å². The van der Waals surface area contributed by atoms with E-state index in [1.807, 2.05) is 6.92 Å². The zero-order chi connectivity index (χ0) is 14.5. The third kappa shape index (κ3) is 3.17. The van der Waals surface area contributed by atoms with E-state index < -0.39 is 0 Å². The fourth-order valence-electron chi connectivity index (χ4n) is 2.42. The maximum atomic E-state index is 12.2. The summed E-state index contributed by atoms with van der Waals surface area (Å²) in [5.41, 5.74) is 1.90. The zero-order valence-electron chi connectivity index (χ0n) is 11.9. The van der Waals surface area contributed by atoms with Crippen molar-refractivity contribution >= 4 is 17.6 Å². The monoisotopic (exact) mass is 276 g/mol. The van der Waals surface area contributed by atoms with Crippen LogP contribution in [0, 0.1) is 12.8 Å². The minimum absolute atomic E-state index is 0.0246. The standard InChI is InChI=1S/C15H20N2O3/c1-10-12(15(19)20-2)4-3-5-13(10)17-14(18)11-6-8-16-9-7-11/h3-5,11,16H,6-9H2,1-2H3,(H,17,18). The number of esters is 1. The summed E-state index contributed by atoms with van der Waals surface area (Å²) in [5, 5.41) is 6.16. The lowest BCUT2D eigenvalue weighted by Crippen LogP contribution is -2.34. The summed E-state index contributed by atoms with van der Waals surface area (Å²) in [6.07, 6.45) is 1.70. The molecule has 0 aliphatic carbocycles. The predicted molar refractivity (Wildman–Crippen MR) is 76.7 cm³/mol. The Bertz CT molecular complexity index is 508. The second-order valence-corrected chi connectivity index (χ2v) is 4.98. The number of hydrogen-bond donors (Lipinski definition) is 2. The molecule has 2 rings (SSSR count). The number of anilines is 1. The molecule has 1 aliphatic rings. The molecule has 1 aliphatic heterocycles. The second-order valence-electron chi connectivity index (χ2n) is 4.98. The molecule has 20 heavy (non-hydrogen) atoms. The van der Waals surface area contributed by atoms with Crippen molar-refractivity contribution in [2.45, 2.75) is 19.8 Å². The maximum absolute atomic E-state index is 12.2. The van der Waals surface area contributed by atoms with Gasteiger partial charge in [-0.3, -0.25) is 4.79 Å². The minimum Gasteiger partial charge on any atom is -0.465 e. The molecule has 0 atom stereocenters. The minimum atomic E-state index is -0.388. The lowest BCUT2D eigenvalue weighted by atomic mass is 9.97. The van der Waals surface area contributed by atoms with Gasteiger partial charge in [-0.15, -0.1) is 0 Å². The van der Waals surface area contributed by atoms with Gasteiger partial charge in [0, 0.05) is 11.6 Å². The summed E-state index contributed by atoms with van der Waals surface area (Å²) in [7, 11) is 1.35. The van der Waals surface area contributed by atoms with Gasteiger partial charge in [-0.2, -0.15) is 0 Å². The first-order valence-corrected chi connectivity index (χ1v) is 6.83. The van der Waals surface area contributed by atoms with Crippen molar-refractivity contribution in [2.75, 3.05) is 25.5 Å². The number of carbonyl (C=O) groups excluding carboxylic acids is 2. The van der Waals surface area contributed by atoms with Crippen LogP contribution in [0.5, 0.6) is 0 Å². The molecule has 0 radical (unpaired) electrons. The first-order valence-electron chi connectivity index (χ1n) is 6.83. The van der Waals surface area contributed by atoms with Crippen LogP contribution in [0.3, 0.4) is 0 Å². The van der Waals surface area contributed by atoms with E-state index in [-0.39, 0.29) is 17.8 Å². The van der Waals surface area contributed by atoms with Crippen LogP contribution >= 0.6 is 0 Å². The Balaban J connectivity index is 2.12. The van der Waals surface area contributed by atoms with Gasteiger partial charge in [0.1, 0.15) is 0 Å². The van der Waals surface area contributed by atoms with Crippen LogP contribution in [0.15, 0.2) is 18.2 Å². The highest BCUT2D eigenvalue weighted by Gasteiger charge is 2.22. The highest BCUT2D eigenvalue weighted by molar-refractivity contribution is 5.97. The Hall–Kier alpha value is -1.88. The van der Waals surface area contributed by atoms with Crippen LogP contribution in [0.4, 0.5) is 5.69 Å². The van der Waals surface area contributed by atoms with Crippen molar-refractivity contribution in [1.82, 2.24) is 5.32 Å². The molecule has 0 unspecified atom stereocenters. The third-order valence-electron chi connectivity index (χ3n) is 3.71. The van der Waals surface area contributed by atoms with Crippen LogP contribution in [0.2, 0.25) is 0 Å².